The van der Waals surface area contributed by atoms with E-state index in [-0.39, 0.29) is 5.41 Å². The second kappa shape index (κ2) is 5.89. The van der Waals surface area contributed by atoms with E-state index in [0.717, 1.165) is 13.0 Å². The highest BCUT2D eigenvalue weighted by molar-refractivity contribution is 7.09. The van der Waals surface area contributed by atoms with Crippen LogP contribution in [0.25, 0.3) is 0 Å². The van der Waals surface area contributed by atoms with Crippen LogP contribution in [0, 0.1) is 0 Å². The third kappa shape index (κ3) is 3.69. The molecule has 0 amide bonds. The van der Waals surface area contributed by atoms with Gasteiger partial charge >= 0.3 is 0 Å². The third-order valence-electron chi connectivity index (χ3n) is 3.52. The van der Waals surface area contributed by atoms with Crippen LogP contribution >= 0.6 is 22.9 Å². The molecule has 18 heavy (non-hydrogen) atoms. The highest BCUT2D eigenvalue weighted by atomic mass is 35.5. The molecule has 1 fully saturated rings. The number of rotatable bonds is 3. The van der Waals surface area contributed by atoms with E-state index >= 15 is 0 Å². The standard InChI is InChI=1S/C14H23ClN2S/c1-14(2,3)12-9-18-13(17-12)8-16-11-7-5-4-6-10(11)15/h9-11,16H,4-8H2,1-3H3. The fourth-order valence-corrected chi connectivity index (χ4v) is 3.61. The van der Waals surface area contributed by atoms with Crippen LogP contribution in [0.5, 0.6) is 0 Å². The van der Waals surface area contributed by atoms with Crippen LogP contribution in [0.3, 0.4) is 0 Å². The monoisotopic (exact) mass is 286 g/mol. The lowest BCUT2D eigenvalue weighted by Crippen LogP contribution is -2.38. The summed E-state index contributed by atoms with van der Waals surface area (Å²) in [4.78, 5) is 4.70. The van der Waals surface area contributed by atoms with Gasteiger partial charge in [0.2, 0.25) is 0 Å². The van der Waals surface area contributed by atoms with Crippen molar-refractivity contribution in [2.45, 2.75) is 69.8 Å². The zero-order valence-corrected chi connectivity index (χ0v) is 13.1. The Hall–Kier alpha value is -0.120. The lowest BCUT2D eigenvalue weighted by molar-refractivity contribution is 0.378. The van der Waals surface area contributed by atoms with E-state index in [9.17, 15) is 0 Å². The van der Waals surface area contributed by atoms with E-state index in [4.69, 9.17) is 16.6 Å². The molecule has 0 aliphatic heterocycles. The summed E-state index contributed by atoms with van der Waals surface area (Å²) in [5.74, 6) is 0. The number of hydrogen-bond donors (Lipinski definition) is 1. The Bertz CT molecular complexity index is 383. The number of nitrogens with zero attached hydrogens (tertiary/aromatic N) is 1. The van der Waals surface area contributed by atoms with Crippen molar-refractivity contribution in [1.29, 1.82) is 0 Å². The number of nitrogens with one attached hydrogen (secondary N) is 1. The lowest BCUT2D eigenvalue weighted by Gasteiger charge is -2.27. The highest BCUT2D eigenvalue weighted by Gasteiger charge is 2.23. The van der Waals surface area contributed by atoms with Gasteiger partial charge in [-0.3, -0.25) is 0 Å². The Balaban J connectivity index is 1.88. The molecule has 102 valence electrons. The van der Waals surface area contributed by atoms with Gasteiger partial charge in [0.25, 0.3) is 0 Å². The molecule has 0 saturated heterocycles. The number of hydrogen-bond acceptors (Lipinski definition) is 3. The molecule has 0 bridgehead atoms. The molecule has 1 aromatic heterocycles. The minimum atomic E-state index is 0.147. The van der Waals surface area contributed by atoms with Crippen molar-refractivity contribution >= 4 is 22.9 Å². The van der Waals surface area contributed by atoms with Crippen LogP contribution in [0.1, 0.15) is 57.2 Å². The second-order valence-electron chi connectivity index (χ2n) is 6.16. The Morgan fingerprint density at radius 2 is 2.11 bits per heavy atom. The Morgan fingerprint density at radius 3 is 2.72 bits per heavy atom. The molecular weight excluding hydrogens is 264 g/mol. The zero-order chi connectivity index (χ0) is 13.2. The van der Waals surface area contributed by atoms with Gasteiger partial charge in [0.1, 0.15) is 5.01 Å². The van der Waals surface area contributed by atoms with Crippen molar-refractivity contribution in [1.82, 2.24) is 10.3 Å². The number of alkyl halides is 1. The predicted octanol–water partition coefficient (Wildman–Crippen LogP) is 4.08. The molecule has 2 unspecified atom stereocenters. The first-order chi connectivity index (χ1) is 8.47. The number of thiazole rings is 1. The number of aromatic nitrogens is 1. The molecule has 4 heteroatoms. The average molecular weight is 287 g/mol. The Morgan fingerprint density at radius 1 is 1.39 bits per heavy atom. The first-order valence-electron chi connectivity index (χ1n) is 6.79. The van der Waals surface area contributed by atoms with Gasteiger partial charge in [0, 0.05) is 28.8 Å². The van der Waals surface area contributed by atoms with Gasteiger partial charge in [0.05, 0.1) is 5.69 Å². The summed E-state index contributed by atoms with van der Waals surface area (Å²) in [6.45, 7) is 7.47. The highest BCUT2D eigenvalue weighted by Crippen LogP contribution is 2.25. The predicted molar refractivity (Wildman–Crippen MR) is 79.6 cm³/mol. The molecule has 0 spiro atoms. The van der Waals surface area contributed by atoms with Gasteiger partial charge in [-0.1, -0.05) is 33.6 Å². The normalized spacial score (nSPS) is 25.3. The quantitative estimate of drug-likeness (QED) is 0.847. The molecular formula is C14H23ClN2S. The summed E-state index contributed by atoms with van der Waals surface area (Å²) >= 11 is 8.10. The molecule has 0 radical (unpaired) electrons. The van der Waals surface area contributed by atoms with Crippen LogP contribution in [0.2, 0.25) is 0 Å². The summed E-state index contributed by atoms with van der Waals surface area (Å²) in [7, 11) is 0. The van der Waals surface area contributed by atoms with Gasteiger partial charge in [-0.25, -0.2) is 4.98 Å². The first-order valence-corrected chi connectivity index (χ1v) is 8.11. The lowest BCUT2D eigenvalue weighted by atomic mass is 9.93. The van der Waals surface area contributed by atoms with Crippen molar-refractivity contribution in [2.24, 2.45) is 0 Å². The van der Waals surface area contributed by atoms with Crippen molar-refractivity contribution in [3.63, 3.8) is 0 Å². The minimum Gasteiger partial charge on any atom is -0.306 e. The summed E-state index contributed by atoms with van der Waals surface area (Å²) in [6, 6.07) is 0.461. The maximum absolute atomic E-state index is 6.35. The van der Waals surface area contributed by atoms with E-state index in [2.05, 4.69) is 31.5 Å². The summed E-state index contributed by atoms with van der Waals surface area (Å²) < 4.78 is 0. The topological polar surface area (TPSA) is 24.9 Å². The molecule has 1 aliphatic rings. The fourth-order valence-electron chi connectivity index (χ4n) is 2.27. The molecule has 2 atom stereocenters. The van der Waals surface area contributed by atoms with Crippen molar-refractivity contribution in [2.75, 3.05) is 0 Å². The fraction of sp³-hybridized carbons (Fsp3) is 0.786. The zero-order valence-electron chi connectivity index (χ0n) is 11.5. The van der Waals surface area contributed by atoms with E-state index in [1.807, 2.05) is 0 Å². The largest absolute Gasteiger partial charge is 0.306 e. The summed E-state index contributed by atoms with van der Waals surface area (Å²) in [6.07, 6.45) is 4.92. The molecule has 2 nitrogen and oxygen atoms in total. The van der Waals surface area contributed by atoms with E-state index in [0.29, 0.717) is 11.4 Å². The van der Waals surface area contributed by atoms with E-state index < -0.39 is 0 Å². The summed E-state index contributed by atoms with van der Waals surface area (Å²) in [5, 5.41) is 7.21. The first kappa shape index (κ1) is 14.3. The molecule has 0 aromatic carbocycles. The van der Waals surface area contributed by atoms with Crippen LogP contribution in [0.4, 0.5) is 0 Å². The van der Waals surface area contributed by atoms with Crippen LogP contribution < -0.4 is 5.32 Å². The van der Waals surface area contributed by atoms with Crippen molar-refractivity contribution in [3.8, 4) is 0 Å². The Kier molecular flexibility index (Phi) is 4.68. The van der Waals surface area contributed by atoms with Gasteiger partial charge in [-0.15, -0.1) is 22.9 Å². The second-order valence-corrected chi connectivity index (χ2v) is 7.67. The SMILES string of the molecule is CC(C)(C)c1csc(CNC2CCCCC2Cl)n1. The minimum absolute atomic E-state index is 0.147. The van der Waals surface area contributed by atoms with Gasteiger partial charge in [-0.2, -0.15) is 0 Å². The van der Waals surface area contributed by atoms with Crippen LogP contribution in [-0.4, -0.2) is 16.4 Å². The number of halogens is 1. The van der Waals surface area contributed by atoms with Crippen LogP contribution in [-0.2, 0) is 12.0 Å². The maximum Gasteiger partial charge on any atom is 0.107 e. The molecule has 1 aromatic rings. The van der Waals surface area contributed by atoms with Gasteiger partial charge in [0.15, 0.2) is 0 Å². The van der Waals surface area contributed by atoms with Gasteiger partial charge < -0.3 is 5.32 Å². The van der Waals surface area contributed by atoms with Gasteiger partial charge in [-0.05, 0) is 12.8 Å². The Labute approximate surface area is 119 Å². The molecule has 1 N–H and O–H groups in total. The molecule has 1 heterocycles. The van der Waals surface area contributed by atoms with Crippen molar-refractivity contribution < 1.29 is 0 Å². The van der Waals surface area contributed by atoms with Crippen LogP contribution in [0.15, 0.2) is 5.38 Å². The van der Waals surface area contributed by atoms with E-state index in [1.54, 1.807) is 11.3 Å². The maximum atomic E-state index is 6.35. The third-order valence-corrected chi connectivity index (χ3v) is 4.89. The van der Waals surface area contributed by atoms with E-state index in [1.165, 1.54) is 30.0 Å². The average Bonchev–Trinajstić information content (AvgIpc) is 2.76. The smallest absolute Gasteiger partial charge is 0.107 e. The molecule has 2 rings (SSSR count). The molecule has 1 aliphatic carbocycles. The van der Waals surface area contributed by atoms with Crippen molar-refractivity contribution in [3.05, 3.63) is 16.1 Å². The summed E-state index contributed by atoms with van der Waals surface area (Å²) in [5.41, 5.74) is 1.34. The molecule has 1 saturated carbocycles.